The first-order chi connectivity index (χ1) is 18.7. The van der Waals surface area contributed by atoms with Crippen LogP contribution in [0.5, 0.6) is 0 Å². The standard InChI is InChI=1S/C30H42N6O2/c1-3-27-25(28(33-23-14-18-38-19-15-23)26-21-32-36(4-2)29(26)34-27)20-31-30(37)22-10-12-24(13-11-22)35-16-8-6-5-7-9-17-35/h10-13,21,23H,3-9,14-20H2,1-2H3,(H,31,37)(H,33,34). The van der Waals surface area contributed by atoms with Gasteiger partial charge in [0.15, 0.2) is 5.65 Å². The third-order valence-corrected chi connectivity index (χ3v) is 7.95. The predicted molar refractivity (Wildman–Crippen MR) is 153 cm³/mol. The topological polar surface area (TPSA) is 84.3 Å². The van der Waals surface area contributed by atoms with Gasteiger partial charge in [0.2, 0.25) is 0 Å². The number of aromatic nitrogens is 3. The van der Waals surface area contributed by atoms with Crippen LogP contribution in [0.4, 0.5) is 11.4 Å². The fraction of sp³-hybridized carbons (Fsp3) is 0.567. The molecule has 2 saturated heterocycles. The first-order valence-corrected chi connectivity index (χ1v) is 14.5. The Balaban J connectivity index is 1.35. The van der Waals surface area contributed by atoms with Gasteiger partial charge >= 0.3 is 0 Å². The SMILES string of the molecule is CCc1nc2c(cnn2CC)c(NC2CCOCC2)c1CNC(=O)c1ccc(N2CCCCCCC2)cc1. The summed E-state index contributed by atoms with van der Waals surface area (Å²) < 4.78 is 7.52. The number of rotatable bonds is 8. The molecule has 2 aromatic heterocycles. The van der Waals surface area contributed by atoms with E-state index in [2.05, 4.69) is 46.6 Å². The summed E-state index contributed by atoms with van der Waals surface area (Å²) >= 11 is 0. The number of benzene rings is 1. The van der Waals surface area contributed by atoms with Crippen molar-refractivity contribution in [2.45, 2.75) is 84.3 Å². The van der Waals surface area contributed by atoms with Crippen molar-refractivity contribution in [2.24, 2.45) is 0 Å². The molecule has 0 unspecified atom stereocenters. The number of nitrogens with zero attached hydrogens (tertiary/aromatic N) is 4. The molecule has 4 heterocycles. The molecule has 0 radical (unpaired) electrons. The second-order valence-electron chi connectivity index (χ2n) is 10.5. The van der Waals surface area contributed by atoms with Crippen molar-refractivity contribution in [2.75, 3.05) is 36.5 Å². The average molecular weight is 519 g/mol. The van der Waals surface area contributed by atoms with E-state index in [9.17, 15) is 4.79 Å². The van der Waals surface area contributed by atoms with Gasteiger partial charge in [-0.2, -0.15) is 5.10 Å². The number of pyridine rings is 1. The number of amides is 1. The minimum atomic E-state index is -0.0624. The van der Waals surface area contributed by atoms with Crippen molar-refractivity contribution in [3.05, 3.63) is 47.3 Å². The number of hydrogen-bond acceptors (Lipinski definition) is 6. The normalized spacial score (nSPS) is 17.3. The molecule has 2 aliphatic rings. The Kier molecular flexibility index (Phi) is 8.79. The second-order valence-corrected chi connectivity index (χ2v) is 10.5. The highest BCUT2D eigenvalue weighted by atomic mass is 16.5. The number of nitrogens with one attached hydrogen (secondary N) is 2. The zero-order valence-corrected chi connectivity index (χ0v) is 23.0. The van der Waals surface area contributed by atoms with E-state index in [1.54, 1.807) is 0 Å². The summed E-state index contributed by atoms with van der Waals surface area (Å²) in [7, 11) is 0. The first-order valence-electron chi connectivity index (χ1n) is 14.5. The molecule has 38 heavy (non-hydrogen) atoms. The molecule has 204 valence electrons. The molecule has 0 atom stereocenters. The number of carbonyl (C=O) groups is 1. The van der Waals surface area contributed by atoms with E-state index < -0.39 is 0 Å². The van der Waals surface area contributed by atoms with E-state index in [-0.39, 0.29) is 5.91 Å². The molecule has 1 amide bonds. The molecule has 3 aromatic rings. The third-order valence-electron chi connectivity index (χ3n) is 7.95. The van der Waals surface area contributed by atoms with Gasteiger partial charge in [-0.1, -0.05) is 26.2 Å². The molecule has 1 aromatic carbocycles. The summed E-state index contributed by atoms with van der Waals surface area (Å²) in [5, 5.41) is 12.6. The van der Waals surface area contributed by atoms with E-state index in [0.29, 0.717) is 18.2 Å². The number of anilines is 2. The monoisotopic (exact) mass is 518 g/mol. The first kappa shape index (κ1) is 26.5. The van der Waals surface area contributed by atoms with Gasteiger partial charge in [-0.15, -0.1) is 0 Å². The van der Waals surface area contributed by atoms with E-state index in [4.69, 9.17) is 9.72 Å². The van der Waals surface area contributed by atoms with E-state index in [1.807, 2.05) is 23.0 Å². The van der Waals surface area contributed by atoms with Crippen LogP contribution in [0.3, 0.4) is 0 Å². The van der Waals surface area contributed by atoms with Crippen LogP contribution < -0.4 is 15.5 Å². The quantitative estimate of drug-likeness (QED) is 0.421. The van der Waals surface area contributed by atoms with Crippen LogP contribution in [-0.2, 0) is 24.2 Å². The van der Waals surface area contributed by atoms with Crippen molar-refractivity contribution < 1.29 is 9.53 Å². The zero-order chi connectivity index (χ0) is 26.3. The van der Waals surface area contributed by atoms with Gasteiger partial charge in [-0.05, 0) is 63.3 Å². The molecular weight excluding hydrogens is 476 g/mol. The van der Waals surface area contributed by atoms with Gasteiger partial charge in [-0.3, -0.25) is 4.79 Å². The number of fused-ring (bicyclic) bond motifs is 1. The largest absolute Gasteiger partial charge is 0.381 e. The van der Waals surface area contributed by atoms with Crippen molar-refractivity contribution in [1.82, 2.24) is 20.1 Å². The summed E-state index contributed by atoms with van der Waals surface area (Å²) in [6.45, 7) is 9.10. The van der Waals surface area contributed by atoms with Gasteiger partial charge in [0.05, 0.1) is 17.3 Å². The minimum absolute atomic E-state index is 0.0624. The molecule has 8 nitrogen and oxygen atoms in total. The average Bonchev–Trinajstić information content (AvgIpc) is 3.35. The Morgan fingerprint density at radius 3 is 2.42 bits per heavy atom. The summed E-state index contributed by atoms with van der Waals surface area (Å²) in [5.41, 5.74) is 5.88. The van der Waals surface area contributed by atoms with Gasteiger partial charge in [0, 0.05) is 67.9 Å². The molecule has 0 aliphatic carbocycles. The molecule has 2 fully saturated rings. The number of ether oxygens (including phenoxy) is 1. The van der Waals surface area contributed by atoms with Crippen molar-refractivity contribution in [3.8, 4) is 0 Å². The van der Waals surface area contributed by atoms with E-state index in [0.717, 1.165) is 80.1 Å². The minimum Gasteiger partial charge on any atom is -0.381 e. The van der Waals surface area contributed by atoms with Crippen LogP contribution in [0.2, 0.25) is 0 Å². The van der Waals surface area contributed by atoms with Crippen LogP contribution in [-0.4, -0.2) is 53.0 Å². The highest BCUT2D eigenvalue weighted by molar-refractivity contribution is 5.95. The lowest BCUT2D eigenvalue weighted by atomic mass is 10.0. The van der Waals surface area contributed by atoms with Gasteiger partial charge in [0.1, 0.15) is 0 Å². The summed E-state index contributed by atoms with van der Waals surface area (Å²) in [5.74, 6) is -0.0624. The van der Waals surface area contributed by atoms with Gasteiger partial charge < -0.3 is 20.3 Å². The van der Waals surface area contributed by atoms with E-state index in [1.165, 1.54) is 37.8 Å². The van der Waals surface area contributed by atoms with Crippen molar-refractivity contribution in [3.63, 3.8) is 0 Å². The molecule has 8 heteroatoms. The molecule has 2 N–H and O–H groups in total. The number of hydrogen-bond donors (Lipinski definition) is 2. The summed E-state index contributed by atoms with van der Waals surface area (Å²) in [6, 6.07) is 8.43. The van der Waals surface area contributed by atoms with Crippen LogP contribution in [0.1, 0.15) is 80.4 Å². The summed E-state index contributed by atoms with van der Waals surface area (Å²) in [4.78, 5) is 20.7. The Labute approximate surface area is 226 Å². The number of aryl methyl sites for hydroxylation is 2. The second kappa shape index (κ2) is 12.6. The Hall–Kier alpha value is -3.13. The molecule has 0 spiro atoms. The zero-order valence-electron chi connectivity index (χ0n) is 23.0. The molecule has 2 aliphatic heterocycles. The van der Waals surface area contributed by atoms with Gasteiger partial charge in [0.25, 0.3) is 5.91 Å². The van der Waals surface area contributed by atoms with Crippen molar-refractivity contribution >= 4 is 28.3 Å². The van der Waals surface area contributed by atoms with Gasteiger partial charge in [-0.25, -0.2) is 9.67 Å². The maximum absolute atomic E-state index is 13.2. The van der Waals surface area contributed by atoms with Crippen LogP contribution in [0.15, 0.2) is 30.5 Å². The number of carbonyl (C=O) groups excluding carboxylic acids is 1. The molecule has 5 rings (SSSR count). The smallest absolute Gasteiger partial charge is 0.251 e. The highest BCUT2D eigenvalue weighted by Crippen LogP contribution is 2.31. The molecule has 0 bridgehead atoms. The van der Waals surface area contributed by atoms with E-state index >= 15 is 0 Å². The Bertz CT molecular complexity index is 1210. The van der Waals surface area contributed by atoms with Crippen LogP contribution in [0.25, 0.3) is 11.0 Å². The Morgan fingerprint density at radius 2 is 1.74 bits per heavy atom. The highest BCUT2D eigenvalue weighted by Gasteiger charge is 2.22. The fourth-order valence-corrected chi connectivity index (χ4v) is 5.70. The molecular formula is C30H42N6O2. The maximum Gasteiger partial charge on any atom is 0.251 e. The predicted octanol–water partition coefficient (Wildman–Crippen LogP) is 5.31. The summed E-state index contributed by atoms with van der Waals surface area (Å²) in [6.07, 6.45) is 11.0. The van der Waals surface area contributed by atoms with Crippen LogP contribution >= 0.6 is 0 Å². The maximum atomic E-state index is 13.2. The third kappa shape index (κ3) is 5.96. The van der Waals surface area contributed by atoms with Crippen molar-refractivity contribution in [1.29, 1.82) is 0 Å². The Morgan fingerprint density at radius 1 is 1.03 bits per heavy atom. The lowest BCUT2D eigenvalue weighted by Gasteiger charge is -2.27. The molecule has 0 saturated carbocycles. The lowest BCUT2D eigenvalue weighted by Crippen LogP contribution is -2.30. The lowest BCUT2D eigenvalue weighted by molar-refractivity contribution is 0.0904. The fourth-order valence-electron chi connectivity index (χ4n) is 5.70. The van der Waals surface area contributed by atoms with Crippen LogP contribution in [0, 0.1) is 0 Å².